The van der Waals surface area contributed by atoms with E-state index in [1.807, 2.05) is 0 Å². The molecule has 1 unspecified atom stereocenters. The first-order valence-corrected chi connectivity index (χ1v) is 5.96. The molecule has 0 heterocycles. The SMILES string of the molecule is Cc1cccc(C(c2ccccc2)N(C)C)c1. The largest absolute Gasteiger partial charge is 0.299 e. The smallest absolute Gasteiger partial charge is 0.0596 e. The molecule has 0 aromatic heterocycles. The van der Waals surface area contributed by atoms with Crippen LogP contribution in [0.1, 0.15) is 22.7 Å². The third-order valence-electron chi connectivity index (χ3n) is 2.99. The van der Waals surface area contributed by atoms with Gasteiger partial charge in [0.2, 0.25) is 0 Å². The number of hydrogen-bond donors (Lipinski definition) is 0. The zero-order valence-electron chi connectivity index (χ0n) is 10.7. The molecule has 2 rings (SSSR count). The Morgan fingerprint density at radius 3 is 2.06 bits per heavy atom. The summed E-state index contributed by atoms with van der Waals surface area (Å²) >= 11 is 0. The molecular formula is C16H19N. The van der Waals surface area contributed by atoms with Crippen molar-refractivity contribution >= 4 is 0 Å². The van der Waals surface area contributed by atoms with E-state index in [9.17, 15) is 0 Å². The molecule has 0 amide bonds. The van der Waals surface area contributed by atoms with Gasteiger partial charge in [0.1, 0.15) is 0 Å². The fourth-order valence-corrected chi connectivity index (χ4v) is 2.26. The summed E-state index contributed by atoms with van der Waals surface area (Å²) in [6, 6.07) is 19.7. The van der Waals surface area contributed by atoms with Crippen LogP contribution in [0.4, 0.5) is 0 Å². The molecule has 1 nitrogen and oxygen atoms in total. The van der Waals surface area contributed by atoms with Gasteiger partial charge in [-0.05, 0) is 32.1 Å². The molecule has 0 saturated heterocycles. The zero-order valence-corrected chi connectivity index (χ0v) is 10.7. The van der Waals surface area contributed by atoms with Crippen LogP contribution in [0.15, 0.2) is 54.6 Å². The summed E-state index contributed by atoms with van der Waals surface area (Å²) in [6.45, 7) is 2.14. The maximum absolute atomic E-state index is 2.26. The summed E-state index contributed by atoms with van der Waals surface area (Å²) in [4.78, 5) is 2.25. The highest BCUT2D eigenvalue weighted by molar-refractivity contribution is 5.33. The van der Waals surface area contributed by atoms with Crippen molar-refractivity contribution in [2.45, 2.75) is 13.0 Å². The molecule has 0 N–H and O–H groups in total. The Hall–Kier alpha value is -1.60. The average Bonchev–Trinajstić information content (AvgIpc) is 2.30. The van der Waals surface area contributed by atoms with Crippen LogP contribution in [0.2, 0.25) is 0 Å². The highest BCUT2D eigenvalue weighted by Gasteiger charge is 2.15. The maximum Gasteiger partial charge on any atom is 0.0596 e. The molecule has 2 aromatic rings. The minimum absolute atomic E-state index is 0.330. The Labute approximate surface area is 104 Å². The van der Waals surface area contributed by atoms with Crippen molar-refractivity contribution in [3.05, 3.63) is 71.3 Å². The van der Waals surface area contributed by atoms with Gasteiger partial charge in [-0.2, -0.15) is 0 Å². The highest BCUT2D eigenvalue weighted by Crippen LogP contribution is 2.26. The van der Waals surface area contributed by atoms with Gasteiger partial charge in [-0.1, -0.05) is 60.2 Å². The lowest BCUT2D eigenvalue weighted by Crippen LogP contribution is -2.21. The van der Waals surface area contributed by atoms with Gasteiger partial charge in [-0.3, -0.25) is 4.90 Å². The van der Waals surface area contributed by atoms with E-state index in [1.54, 1.807) is 0 Å². The third kappa shape index (κ3) is 2.75. The van der Waals surface area contributed by atoms with E-state index < -0.39 is 0 Å². The van der Waals surface area contributed by atoms with Gasteiger partial charge in [-0.15, -0.1) is 0 Å². The van der Waals surface area contributed by atoms with Gasteiger partial charge in [-0.25, -0.2) is 0 Å². The van der Waals surface area contributed by atoms with Crippen LogP contribution in [0.5, 0.6) is 0 Å². The predicted octanol–water partition coefficient (Wildman–Crippen LogP) is 3.65. The first kappa shape index (κ1) is 11.9. The second kappa shape index (κ2) is 5.15. The Morgan fingerprint density at radius 1 is 0.824 bits per heavy atom. The number of benzene rings is 2. The molecule has 1 atom stereocenters. The van der Waals surface area contributed by atoms with Crippen molar-refractivity contribution in [3.63, 3.8) is 0 Å². The fourth-order valence-electron chi connectivity index (χ4n) is 2.26. The van der Waals surface area contributed by atoms with Crippen LogP contribution in [0.25, 0.3) is 0 Å². The molecule has 88 valence electrons. The Morgan fingerprint density at radius 2 is 1.47 bits per heavy atom. The summed E-state index contributed by atoms with van der Waals surface area (Å²) in [5.41, 5.74) is 3.99. The highest BCUT2D eigenvalue weighted by atomic mass is 15.1. The summed E-state index contributed by atoms with van der Waals surface area (Å²) in [6.07, 6.45) is 0. The first-order chi connectivity index (χ1) is 8.18. The molecule has 0 bridgehead atoms. The van der Waals surface area contributed by atoms with E-state index in [0.717, 1.165) is 0 Å². The quantitative estimate of drug-likeness (QED) is 0.770. The average molecular weight is 225 g/mol. The van der Waals surface area contributed by atoms with Crippen molar-refractivity contribution in [1.29, 1.82) is 0 Å². The first-order valence-electron chi connectivity index (χ1n) is 5.96. The van der Waals surface area contributed by atoms with E-state index in [-0.39, 0.29) is 0 Å². The van der Waals surface area contributed by atoms with Gasteiger partial charge in [0.15, 0.2) is 0 Å². The molecule has 0 saturated carbocycles. The van der Waals surface area contributed by atoms with Gasteiger partial charge in [0.25, 0.3) is 0 Å². The lowest BCUT2D eigenvalue weighted by Gasteiger charge is -2.25. The van der Waals surface area contributed by atoms with Crippen molar-refractivity contribution in [3.8, 4) is 0 Å². The number of rotatable bonds is 3. The summed E-state index contributed by atoms with van der Waals surface area (Å²) < 4.78 is 0. The molecule has 0 fully saturated rings. The second-order valence-electron chi connectivity index (χ2n) is 4.69. The Balaban J connectivity index is 2.43. The van der Waals surface area contributed by atoms with Gasteiger partial charge < -0.3 is 0 Å². The molecule has 1 heteroatoms. The standard InChI is InChI=1S/C16H19N/c1-13-8-7-11-15(12-13)16(17(2)3)14-9-5-4-6-10-14/h4-12,16H,1-3H3. The lowest BCUT2D eigenvalue weighted by molar-refractivity contribution is 0.342. The minimum atomic E-state index is 0.330. The van der Waals surface area contributed by atoms with E-state index in [4.69, 9.17) is 0 Å². The van der Waals surface area contributed by atoms with Crippen LogP contribution in [-0.2, 0) is 0 Å². The topological polar surface area (TPSA) is 3.24 Å². The Kier molecular flexibility index (Phi) is 3.60. The second-order valence-corrected chi connectivity index (χ2v) is 4.69. The lowest BCUT2D eigenvalue weighted by atomic mass is 9.96. The molecule has 0 aliphatic carbocycles. The monoisotopic (exact) mass is 225 g/mol. The van der Waals surface area contributed by atoms with Crippen molar-refractivity contribution in [2.75, 3.05) is 14.1 Å². The molecule has 0 spiro atoms. The van der Waals surface area contributed by atoms with Gasteiger partial charge in [0, 0.05) is 0 Å². The number of aryl methyl sites for hydroxylation is 1. The van der Waals surface area contributed by atoms with Crippen molar-refractivity contribution in [1.82, 2.24) is 4.90 Å². The molecule has 2 aromatic carbocycles. The normalized spacial score (nSPS) is 12.7. The number of hydrogen-bond acceptors (Lipinski definition) is 1. The van der Waals surface area contributed by atoms with Crippen LogP contribution < -0.4 is 0 Å². The van der Waals surface area contributed by atoms with Crippen LogP contribution >= 0.6 is 0 Å². The van der Waals surface area contributed by atoms with Crippen molar-refractivity contribution < 1.29 is 0 Å². The molecule has 0 aliphatic rings. The zero-order chi connectivity index (χ0) is 12.3. The molecule has 0 radical (unpaired) electrons. The molecule has 17 heavy (non-hydrogen) atoms. The fraction of sp³-hybridized carbons (Fsp3) is 0.250. The predicted molar refractivity (Wildman–Crippen MR) is 73.2 cm³/mol. The van der Waals surface area contributed by atoms with Crippen LogP contribution in [-0.4, -0.2) is 19.0 Å². The van der Waals surface area contributed by atoms with E-state index >= 15 is 0 Å². The number of nitrogens with zero attached hydrogens (tertiary/aromatic N) is 1. The minimum Gasteiger partial charge on any atom is -0.299 e. The van der Waals surface area contributed by atoms with Gasteiger partial charge in [0.05, 0.1) is 6.04 Å². The van der Waals surface area contributed by atoms with Crippen LogP contribution in [0, 0.1) is 6.92 Å². The van der Waals surface area contributed by atoms with Gasteiger partial charge >= 0.3 is 0 Å². The van der Waals surface area contributed by atoms with E-state index in [2.05, 4.69) is 80.5 Å². The van der Waals surface area contributed by atoms with Crippen molar-refractivity contribution in [2.24, 2.45) is 0 Å². The maximum atomic E-state index is 2.26. The van der Waals surface area contributed by atoms with E-state index in [0.29, 0.717) is 6.04 Å². The molecule has 0 aliphatic heterocycles. The summed E-state index contributed by atoms with van der Waals surface area (Å²) in [5.74, 6) is 0. The third-order valence-corrected chi connectivity index (χ3v) is 2.99. The van der Waals surface area contributed by atoms with E-state index in [1.165, 1.54) is 16.7 Å². The summed E-state index contributed by atoms with van der Waals surface area (Å²) in [7, 11) is 4.25. The summed E-state index contributed by atoms with van der Waals surface area (Å²) in [5, 5.41) is 0. The van der Waals surface area contributed by atoms with Crippen LogP contribution in [0.3, 0.4) is 0 Å². The molecular weight excluding hydrogens is 206 g/mol. The Bertz CT molecular complexity index is 474.